The van der Waals surface area contributed by atoms with E-state index >= 15 is 0 Å². The Morgan fingerprint density at radius 3 is 2.14 bits per heavy atom. The summed E-state index contributed by atoms with van der Waals surface area (Å²) in [6.07, 6.45) is 0. The van der Waals surface area contributed by atoms with Crippen molar-refractivity contribution in [3.8, 4) is 33.8 Å². The van der Waals surface area contributed by atoms with E-state index in [1.807, 2.05) is 18.2 Å². The predicted octanol–water partition coefficient (Wildman–Crippen LogP) is 5.05. The van der Waals surface area contributed by atoms with Gasteiger partial charge < -0.3 is 10.2 Å². The van der Waals surface area contributed by atoms with Gasteiger partial charge in [0.05, 0.1) is 0 Å². The Balaban J connectivity index is 2.04. The highest BCUT2D eigenvalue weighted by molar-refractivity contribution is 6.21. The van der Waals surface area contributed by atoms with Gasteiger partial charge in [0.2, 0.25) is 0 Å². The zero-order valence-electron chi connectivity index (χ0n) is 11.7. The van der Waals surface area contributed by atoms with Gasteiger partial charge in [0.1, 0.15) is 0 Å². The Morgan fingerprint density at radius 1 is 0.591 bits per heavy atom. The standard InChI is InChI=1S/C20H12O2/c21-17-10-9-14-15(20(17)22)8-7-13-12-5-1-3-11-4-2-6-16(18(11)12)19(13)14/h1-10,21-22H. The van der Waals surface area contributed by atoms with E-state index in [1.165, 1.54) is 27.5 Å². The maximum Gasteiger partial charge on any atom is 0.165 e. The lowest BCUT2D eigenvalue weighted by atomic mass is 9.96. The fourth-order valence-electron chi connectivity index (χ4n) is 3.67. The second-order valence-corrected chi connectivity index (χ2v) is 5.73. The molecule has 5 rings (SSSR count). The first-order chi connectivity index (χ1) is 10.8. The highest BCUT2D eigenvalue weighted by Crippen LogP contribution is 2.51. The quantitative estimate of drug-likeness (QED) is 0.391. The van der Waals surface area contributed by atoms with Gasteiger partial charge in [-0.2, -0.15) is 0 Å². The molecule has 4 aromatic rings. The molecule has 2 N–H and O–H groups in total. The first-order valence-electron chi connectivity index (χ1n) is 7.26. The summed E-state index contributed by atoms with van der Waals surface area (Å²) < 4.78 is 0. The zero-order chi connectivity index (χ0) is 14.8. The summed E-state index contributed by atoms with van der Waals surface area (Å²) in [5.41, 5.74) is 4.75. The maximum absolute atomic E-state index is 10.2. The van der Waals surface area contributed by atoms with Gasteiger partial charge in [-0.05, 0) is 56.6 Å². The summed E-state index contributed by atoms with van der Waals surface area (Å²) >= 11 is 0. The molecule has 1 aliphatic rings. The Kier molecular flexibility index (Phi) is 2.01. The molecule has 2 heteroatoms. The third-order valence-electron chi connectivity index (χ3n) is 4.62. The predicted molar refractivity (Wildman–Crippen MR) is 89.2 cm³/mol. The smallest absolute Gasteiger partial charge is 0.165 e. The molecule has 0 bridgehead atoms. The topological polar surface area (TPSA) is 40.5 Å². The van der Waals surface area contributed by atoms with Crippen LogP contribution in [0.4, 0.5) is 0 Å². The molecule has 0 saturated carbocycles. The van der Waals surface area contributed by atoms with Gasteiger partial charge in [0.15, 0.2) is 11.5 Å². The highest BCUT2D eigenvalue weighted by atomic mass is 16.3. The molecule has 0 heterocycles. The van der Waals surface area contributed by atoms with Crippen molar-refractivity contribution < 1.29 is 10.2 Å². The zero-order valence-corrected chi connectivity index (χ0v) is 11.7. The molecule has 104 valence electrons. The van der Waals surface area contributed by atoms with E-state index in [4.69, 9.17) is 0 Å². The van der Waals surface area contributed by atoms with Crippen molar-refractivity contribution >= 4 is 21.5 Å². The van der Waals surface area contributed by atoms with Crippen LogP contribution in [-0.2, 0) is 0 Å². The lowest BCUT2D eigenvalue weighted by Gasteiger charge is -2.09. The summed E-state index contributed by atoms with van der Waals surface area (Å²) in [4.78, 5) is 0. The van der Waals surface area contributed by atoms with Crippen molar-refractivity contribution in [1.29, 1.82) is 0 Å². The van der Waals surface area contributed by atoms with E-state index in [1.54, 1.807) is 6.07 Å². The number of hydrogen-bond donors (Lipinski definition) is 2. The second-order valence-electron chi connectivity index (χ2n) is 5.73. The van der Waals surface area contributed by atoms with Gasteiger partial charge in [0.25, 0.3) is 0 Å². The molecule has 1 aliphatic carbocycles. The second kappa shape index (κ2) is 3.80. The lowest BCUT2D eigenvalue weighted by molar-refractivity contribution is 0.408. The Morgan fingerprint density at radius 2 is 1.32 bits per heavy atom. The highest BCUT2D eigenvalue weighted by Gasteiger charge is 2.23. The minimum Gasteiger partial charge on any atom is -0.504 e. The van der Waals surface area contributed by atoms with Crippen molar-refractivity contribution in [2.45, 2.75) is 0 Å². The number of phenolic OH excluding ortho intramolecular Hbond substituents is 2. The summed E-state index contributed by atoms with van der Waals surface area (Å²) in [7, 11) is 0. The van der Waals surface area contributed by atoms with Crippen LogP contribution in [0.25, 0.3) is 43.8 Å². The number of fused-ring (bicyclic) bond motifs is 5. The molecule has 0 atom stereocenters. The molecule has 0 saturated heterocycles. The van der Waals surface area contributed by atoms with Crippen LogP contribution < -0.4 is 0 Å². The van der Waals surface area contributed by atoms with Crippen molar-refractivity contribution in [3.05, 3.63) is 60.7 Å². The molecule has 0 unspecified atom stereocenters. The average Bonchev–Trinajstić information content (AvgIpc) is 2.88. The largest absolute Gasteiger partial charge is 0.504 e. The number of aromatic hydroxyl groups is 2. The van der Waals surface area contributed by atoms with Crippen LogP contribution >= 0.6 is 0 Å². The summed E-state index contributed by atoms with van der Waals surface area (Å²) in [5.74, 6) is -0.135. The first kappa shape index (κ1) is 11.6. The molecule has 0 radical (unpaired) electrons. The Hall–Kier alpha value is -3.00. The molecular formula is C20H12O2. The van der Waals surface area contributed by atoms with E-state index in [2.05, 4.69) is 36.4 Å². The van der Waals surface area contributed by atoms with Crippen LogP contribution in [0.15, 0.2) is 60.7 Å². The third kappa shape index (κ3) is 1.25. The van der Waals surface area contributed by atoms with Crippen molar-refractivity contribution in [2.24, 2.45) is 0 Å². The van der Waals surface area contributed by atoms with Gasteiger partial charge in [-0.3, -0.25) is 0 Å². The molecular weight excluding hydrogens is 272 g/mol. The van der Waals surface area contributed by atoms with E-state index in [-0.39, 0.29) is 11.5 Å². The number of rotatable bonds is 0. The van der Waals surface area contributed by atoms with Gasteiger partial charge in [-0.1, -0.05) is 42.5 Å². The average molecular weight is 284 g/mol. The van der Waals surface area contributed by atoms with E-state index in [0.29, 0.717) is 5.39 Å². The van der Waals surface area contributed by atoms with Gasteiger partial charge in [0, 0.05) is 5.39 Å². The molecule has 4 aromatic carbocycles. The van der Waals surface area contributed by atoms with Crippen LogP contribution in [0.2, 0.25) is 0 Å². The number of benzene rings is 4. The molecule has 0 spiro atoms. The van der Waals surface area contributed by atoms with Crippen molar-refractivity contribution in [3.63, 3.8) is 0 Å². The van der Waals surface area contributed by atoms with Gasteiger partial charge in [-0.25, -0.2) is 0 Å². The van der Waals surface area contributed by atoms with Gasteiger partial charge in [-0.15, -0.1) is 0 Å². The summed E-state index contributed by atoms with van der Waals surface area (Å²) in [6, 6.07) is 20.0. The van der Waals surface area contributed by atoms with E-state index in [9.17, 15) is 10.2 Å². The van der Waals surface area contributed by atoms with Crippen LogP contribution in [0.5, 0.6) is 11.5 Å². The minimum absolute atomic E-state index is 0.0524. The van der Waals surface area contributed by atoms with E-state index in [0.717, 1.165) is 10.9 Å². The third-order valence-corrected chi connectivity index (χ3v) is 4.62. The molecule has 22 heavy (non-hydrogen) atoms. The van der Waals surface area contributed by atoms with Crippen LogP contribution in [0.1, 0.15) is 0 Å². The lowest BCUT2D eigenvalue weighted by Crippen LogP contribution is -1.82. The molecule has 0 amide bonds. The summed E-state index contributed by atoms with van der Waals surface area (Å²) in [6.45, 7) is 0. The fraction of sp³-hybridized carbons (Fsp3) is 0. The van der Waals surface area contributed by atoms with Crippen LogP contribution in [0, 0.1) is 0 Å². The van der Waals surface area contributed by atoms with Crippen LogP contribution in [-0.4, -0.2) is 10.2 Å². The van der Waals surface area contributed by atoms with Gasteiger partial charge >= 0.3 is 0 Å². The van der Waals surface area contributed by atoms with Crippen molar-refractivity contribution in [1.82, 2.24) is 0 Å². The minimum atomic E-state index is -0.0823. The normalized spacial score (nSPS) is 12.0. The Bertz CT molecular complexity index is 1090. The van der Waals surface area contributed by atoms with Crippen LogP contribution in [0.3, 0.4) is 0 Å². The van der Waals surface area contributed by atoms with E-state index < -0.39 is 0 Å². The number of phenols is 2. The Labute approximate surface area is 126 Å². The summed E-state index contributed by atoms with van der Waals surface area (Å²) in [5, 5.41) is 24.0. The molecule has 0 aromatic heterocycles. The molecule has 2 nitrogen and oxygen atoms in total. The molecule has 0 aliphatic heterocycles. The number of hydrogen-bond acceptors (Lipinski definition) is 2. The maximum atomic E-state index is 10.2. The molecule has 0 fully saturated rings. The first-order valence-corrected chi connectivity index (χ1v) is 7.26. The SMILES string of the molecule is Oc1ccc2c3c(ccc2c1O)-c1cccc2cccc-3c12. The monoisotopic (exact) mass is 284 g/mol. The van der Waals surface area contributed by atoms with Crippen molar-refractivity contribution in [2.75, 3.05) is 0 Å². The fourth-order valence-corrected chi connectivity index (χ4v) is 3.67.